The molecule has 0 unspecified atom stereocenters. The summed E-state index contributed by atoms with van der Waals surface area (Å²) in [5.41, 5.74) is 1.22. The summed E-state index contributed by atoms with van der Waals surface area (Å²) in [5, 5.41) is 3.34. The fourth-order valence-corrected chi connectivity index (χ4v) is 3.00. The number of guanidine groups is 1. The molecule has 0 bridgehead atoms. The van der Waals surface area contributed by atoms with Gasteiger partial charge in [0.1, 0.15) is 12.4 Å². The number of nitrogens with one attached hydrogen (secondary N) is 1. The summed E-state index contributed by atoms with van der Waals surface area (Å²) in [6, 6.07) is 5.91. The summed E-state index contributed by atoms with van der Waals surface area (Å²) in [6.45, 7) is 5.62. The summed E-state index contributed by atoms with van der Waals surface area (Å²) in [4.78, 5) is 6.82. The van der Waals surface area contributed by atoms with E-state index in [1.807, 2.05) is 19.2 Å². The summed E-state index contributed by atoms with van der Waals surface area (Å²) >= 11 is 3.52. The maximum absolute atomic E-state index is 5.59. The Labute approximate surface area is 181 Å². The summed E-state index contributed by atoms with van der Waals surface area (Å²) in [5.74, 6) is 1.76. The lowest BCUT2D eigenvalue weighted by Crippen LogP contribution is -2.39. The molecule has 0 aliphatic carbocycles. The predicted octanol–water partition coefficient (Wildman–Crippen LogP) is 4.00. The minimum atomic E-state index is 0. The van der Waals surface area contributed by atoms with Crippen molar-refractivity contribution < 1.29 is 9.15 Å². The van der Waals surface area contributed by atoms with E-state index in [0.717, 1.165) is 42.2 Å². The van der Waals surface area contributed by atoms with Gasteiger partial charge in [0.15, 0.2) is 5.96 Å². The van der Waals surface area contributed by atoms with Crippen molar-refractivity contribution in [3.63, 3.8) is 0 Å². The van der Waals surface area contributed by atoms with Crippen molar-refractivity contribution >= 4 is 45.9 Å². The topological polar surface area (TPSA) is 54.9 Å². The number of nitrogens with zero attached hydrogens (tertiary/aromatic N) is 3. The molecule has 0 radical (unpaired) electrons. The van der Waals surface area contributed by atoms with Crippen molar-refractivity contribution in [1.29, 1.82) is 0 Å². The van der Waals surface area contributed by atoms with Crippen LogP contribution in [0.4, 0.5) is 0 Å². The van der Waals surface area contributed by atoms with E-state index >= 15 is 0 Å². The Morgan fingerprint density at radius 2 is 2.27 bits per heavy atom. The second-order valence-electron chi connectivity index (χ2n) is 5.84. The van der Waals surface area contributed by atoms with Gasteiger partial charge in [-0.1, -0.05) is 0 Å². The van der Waals surface area contributed by atoms with E-state index < -0.39 is 0 Å². The molecule has 0 saturated heterocycles. The molecule has 0 saturated carbocycles. The summed E-state index contributed by atoms with van der Waals surface area (Å²) in [7, 11) is 4.10. The number of halogens is 2. The molecular formula is C18H28BrIN4O2. The molecule has 0 amide bonds. The van der Waals surface area contributed by atoms with Crippen LogP contribution in [-0.4, -0.2) is 42.2 Å². The highest BCUT2D eigenvalue weighted by Gasteiger charge is 2.09. The van der Waals surface area contributed by atoms with Gasteiger partial charge in [-0.05, 0) is 47.5 Å². The number of rotatable bonds is 9. The van der Waals surface area contributed by atoms with Gasteiger partial charge in [-0.3, -0.25) is 4.99 Å². The number of aromatic nitrogens is 1. The largest absolute Gasteiger partial charge is 0.467 e. The van der Waals surface area contributed by atoms with Gasteiger partial charge < -0.3 is 23.9 Å². The minimum Gasteiger partial charge on any atom is -0.467 e. The first kappa shape index (κ1) is 23.0. The van der Waals surface area contributed by atoms with Crippen LogP contribution < -0.4 is 5.32 Å². The van der Waals surface area contributed by atoms with Crippen LogP contribution in [0, 0.1) is 0 Å². The van der Waals surface area contributed by atoms with Crippen LogP contribution >= 0.6 is 39.9 Å². The van der Waals surface area contributed by atoms with Crippen LogP contribution in [0.15, 0.2) is 44.5 Å². The van der Waals surface area contributed by atoms with Crippen LogP contribution in [0.5, 0.6) is 0 Å². The molecule has 0 fully saturated rings. The van der Waals surface area contributed by atoms with E-state index in [-0.39, 0.29) is 24.0 Å². The standard InChI is InChI=1S/C18H27BrN4O2.HI/c1-4-20-18(23(3)13-16-11-15(19)12-22(16)2)21-8-6-9-24-14-17-7-5-10-25-17;/h5,7,10-12H,4,6,8-9,13-14H2,1-3H3,(H,20,21);1H. The Balaban J connectivity index is 0.00000338. The molecule has 146 valence electrons. The fraction of sp³-hybridized carbons (Fsp3) is 0.500. The lowest BCUT2D eigenvalue weighted by atomic mass is 10.4. The van der Waals surface area contributed by atoms with Crippen LogP contribution in [0.3, 0.4) is 0 Å². The molecule has 0 spiro atoms. The first-order valence-electron chi connectivity index (χ1n) is 8.50. The van der Waals surface area contributed by atoms with Crippen LogP contribution in [0.1, 0.15) is 24.8 Å². The zero-order chi connectivity index (χ0) is 18.1. The number of aryl methyl sites for hydroxylation is 1. The van der Waals surface area contributed by atoms with Gasteiger partial charge in [0, 0.05) is 50.2 Å². The molecule has 0 aromatic carbocycles. The molecular weight excluding hydrogens is 511 g/mol. The number of aliphatic imine (C=N–C) groups is 1. The van der Waals surface area contributed by atoms with Gasteiger partial charge in [0.2, 0.25) is 0 Å². The second-order valence-corrected chi connectivity index (χ2v) is 6.75. The number of hydrogen-bond acceptors (Lipinski definition) is 3. The van der Waals surface area contributed by atoms with Crippen LogP contribution in [-0.2, 0) is 24.9 Å². The molecule has 26 heavy (non-hydrogen) atoms. The third kappa shape index (κ3) is 7.71. The van der Waals surface area contributed by atoms with Crippen LogP contribution in [0.2, 0.25) is 0 Å². The van der Waals surface area contributed by atoms with Gasteiger partial charge in [-0.15, -0.1) is 24.0 Å². The SMILES string of the molecule is CCNC(=NCCCOCc1ccco1)N(C)Cc1cc(Br)cn1C.I. The number of ether oxygens (including phenoxy) is 1. The Hall–Kier alpha value is -1.000. The van der Waals surface area contributed by atoms with Gasteiger partial charge in [-0.2, -0.15) is 0 Å². The zero-order valence-electron chi connectivity index (χ0n) is 15.6. The monoisotopic (exact) mass is 538 g/mol. The maximum atomic E-state index is 5.59. The maximum Gasteiger partial charge on any atom is 0.194 e. The molecule has 2 heterocycles. The highest BCUT2D eigenvalue weighted by Crippen LogP contribution is 2.15. The van der Waals surface area contributed by atoms with Crippen molar-refractivity contribution in [1.82, 2.24) is 14.8 Å². The smallest absolute Gasteiger partial charge is 0.194 e. The van der Waals surface area contributed by atoms with E-state index in [0.29, 0.717) is 13.2 Å². The third-order valence-corrected chi connectivity index (χ3v) is 4.14. The van der Waals surface area contributed by atoms with Crippen molar-refractivity contribution in [2.24, 2.45) is 12.0 Å². The number of hydrogen-bond donors (Lipinski definition) is 1. The Morgan fingerprint density at radius 1 is 1.46 bits per heavy atom. The minimum absolute atomic E-state index is 0. The highest BCUT2D eigenvalue weighted by molar-refractivity contribution is 14.0. The highest BCUT2D eigenvalue weighted by atomic mass is 127. The predicted molar refractivity (Wildman–Crippen MR) is 119 cm³/mol. The van der Waals surface area contributed by atoms with Crippen LogP contribution in [0.25, 0.3) is 0 Å². The summed E-state index contributed by atoms with van der Waals surface area (Å²) < 4.78 is 14.0. The summed E-state index contributed by atoms with van der Waals surface area (Å²) in [6.07, 6.45) is 4.59. The zero-order valence-corrected chi connectivity index (χ0v) is 19.5. The van der Waals surface area contributed by atoms with Gasteiger partial charge in [0.05, 0.1) is 12.8 Å². The molecule has 0 aliphatic heterocycles. The molecule has 8 heteroatoms. The molecule has 6 nitrogen and oxygen atoms in total. The Kier molecular flexibility index (Phi) is 11.0. The van der Waals surface area contributed by atoms with E-state index in [9.17, 15) is 0 Å². The van der Waals surface area contributed by atoms with Crippen molar-refractivity contribution in [2.45, 2.75) is 26.5 Å². The van der Waals surface area contributed by atoms with E-state index in [1.165, 1.54) is 5.69 Å². The van der Waals surface area contributed by atoms with E-state index in [2.05, 4.69) is 61.9 Å². The lowest BCUT2D eigenvalue weighted by Gasteiger charge is -2.22. The van der Waals surface area contributed by atoms with Crippen molar-refractivity contribution in [3.05, 3.63) is 46.6 Å². The van der Waals surface area contributed by atoms with Gasteiger partial charge >= 0.3 is 0 Å². The Morgan fingerprint density at radius 3 is 2.88 bits per heavy atom. The van der Waals surface area contributed by atoms with E-state index in [1.54, 1.807) is 6.26 Å². The van der Waals surface area contributed by atoms with Gasteiger partial charge in [0.25, 0.3) is 0 Å². The second kappa shape index (κ2) is 12.4. The Bertz CT molecular complexity index is 658. The average molecular weight is 539 g/mol. The van der Waals surface area contributed by atoms with Gasteiger partial charge in [-0.25, -0.2) is 0 Å². The number of furan rings is 1. The first-order chi connectivity index (χ1) is 12.1. The molecule has 0 atom stereocenters. The molecule has 0 aliphatic rings. The van der Waals surface area contributed by atoms with Crippen molar-refractivity contribution in [2.75, 3.05) is 26.7 Å². The third-order valence-electron chi connectivity index (χ3n) is 3.70. The molecule has 2 rings (SSSR count). The molecule has 2 aromatic rings. The normalized spacial score (nSPS) is 11.3. The average Bonchev–Trinajstić information content (AvgIpc) is 3.19. The quantitative estimate of drug-likeness (QED) is 0.227. The fourth-order valence-electron chi connectivity index (χ4n) is 2.43. The first-order valence-corrected chi connectivity index (χ1v) is 9.29. The molecule has 1 N–H and O–H groups in total. The lowest BCUT2D eigenvalue weighted by molar-refractivity contribution is 0.105. The van der Waals surface area contributed by atoms with Crippen molar-refractivity contribution in [3.8, 4) is 0 Å². The van der Waals surface area contributed by atoms with E-state index in [4.69, 9.17) is 9.15 Å². The molecule has 2 aromatic heterocycles.